The normalized spacial score (nSPS) is 11.8. The highest BCUT2D eigenvalue weighted by Crippen LogP contribution is 2.39. The Balaban J connectivity index is 0.949. The zero-order valence-electron chi connectivity index (χ0n) is 38.0. The van der Waals surface area contributed by atoms with Crippen molar-refractivity contribution in [1.29, 1.82) is 0 Å². The molecular weight excluding hydrogens is 849 g/mol. The average Bonchev–Trinajstić information content (AvgIpc) is 3.94. The third-order valence-electron chi connectivity index (χ3n) is 14.3. The zero-order chi connectivity index (χ0) is 45.7. The van der Waals surface area contributed by atoms with Crippen LogP contribution in [0, 0.1) is 0 Å². The van der Waals surface area contributed by atoms with E-state index in [1.807, 2.05) is 0 Å². The first-order chi connectivity index (χ1) is 34.2. The quantitative estimate of drug-likeness (QED) is 0.101. The van der Waals surface area contributed by atoms with E-state index in [9.17, 15) is 0 Å². The van der Waals surface area contributed by atoms with Gasteiger partial charge in [-0.2, -0.15) is 0 Å². The minimum absolute atomic E-state index is 1.14. The molecule has 2 heterocycles. The maximum absolute atomic E-state index is 2.77. The molecule has 0 bridgehead atoms. The Morgan fingerprint density at radius 3 is 1.16 bits per heavy atom. The smallest absolute Gasteiger partial charge is 0.179 e. The SMILES string of the molecule is c1ccc(-c2cccc(-c3ccc(-n4c5ccccc5c5cc(-c6ccc7c(c6)c6ccc([Si](c8ccccc8)(c8ccccc8)c8ccccc8)cc6n7-c6ccccc6)ccc54)cc3)c2)cc1. The standard InChI is InChI=1S/C66H46N2Si/c1-6-19-47(20-7-1)49-21-18-22-50(43-49)48-33-37-54(38-34-48)67-63-32-17-16-31-59(63)61-44-51(35-41-64(61)67)52-36-42-65-62(45-52)60-40-39-58(46-66(60)68(65)53-23-8-2-9-24-53)69(55-25-10-3-11-26-55,56-27-12-4-13-28-56)57-29-14-5-15-30-57/h1-46H. The number of nitrogens with zero attached hydrogens (tertiary/aromatic N) is 2. The monoisotopic (exact) mass is 894 g/mol. The first-order valence-electron chi connectivity index (χ1n) is 23.8. The molecule has 0 aliphatic carbocycles. The molecule has 0 aliphatic rings. The molecule has 324 valence electrons. The zero-order valence-corrected chi connectivity index (χ0v) is 39.0. The summed E-state index contributed by atoms with van der Waals surface area (Å²) in [6.07, 6.45) is 0. The Morgan fingerprint density at radius 2 is 0.594 bits per heavy atom. The second-order valence-electron chi connectivity index (χ2n) is 18.1. The van der Waals surface area contributed by atoms with Gasteiger partial charge in [0.05, 0.1) is 22.1 Å². The summed E-state index contributed by atoms with van der Waals surface area (Å²) in [4.78, 5) is 0. The van der Waals surface area contributed by atoms with Crippen LogP contribution in [0.15, 0.2) is 279 Å². The van der Waals surface area contributed by atoms with Crippen LogP contribution in [0.2, 0.25) is 0 Å². The minimum Gasteiger partial charge on any atom is -0.309 e. The van der Waals surface area contributed by atoms with Crippen LogP contribution in [-0.2, 0) is 0 Å². The van der Waals surface area contributed by atoms with E-state index in [0.717, 1.165) is 11.4 Å². The van der Waals surface area contributed by atoms with Crippen molar-refractivity contribution in [3.8, 4) is 44.8 Å². The molecule has 0 radical (unpaired) electrons. The van der Waals surface area contributed by atoms with Gasteiger partial charge in [-0.1, -0.05) is 212 Å². The van der Waals surface area contributed by atoms with E-state index < -0.39 is 8.07 Å². The summed E-state index contributed by atoms with van der Waals surface area (Å²) in [5.74, 6) is 0. The van der Waals surface area contributed by atoms with Crippen LogP contribution in [0.5, 0.6) is 0 Å². The van der Waals surface area contributed by atoms with Crippen LogP contribution in [0.4, 0.5) is 0 Å². The lowest BCUT2D eigenvalue weighted by Crippen LogP contribution is -2.74. The molecule has 0 aliphatic heterocycles. The molecule has 11 aromatic carbocycles. The molecule has 0 saturated heterocycles. The topological polar surface area (TPSA) is 9.86 Å². The third-order valence-corrected chi connectivity index (χ3v) is 19.0. The van der Waals surface area contributed by atoms with E-state index >= 15 is 0 Å². The number of para-hydroxylation sites is 2. The maximum Gasteiger partial charge on any atom is 0.179 e. The third kappa shape index (κ3) is 6.78. The first-order valence-corrected chi connectivity index (χ1v) is 25.8. The molecule has 0 fully saturated rings. The predicted molar refractivity (Wildman–Crippen MR) is 295 cm³/mol. The molecule has 0 unspecified atom stereocenters. The van der Waals surface area contributed by atoms with Crippen LogP contribution >= 0.6 is 0 Å². The fraction of sp³-hybridized carbons (Fsp3) is 0. The van der Waals surface area contributed by atoms with Gasteiger partial charge >= 0.3 is 0 Å². The van der Waals surface area contributed by atoms with Gasteiger partial charge in [0.15, 0.2) is 8.07 Å². The van der Waals surface area contributed by atoms with Crippen molar-refractivity contribution in [2.45, 2.75) is 0 Å². The molecule has 0 saturated carbocycles. The second-order valence-corrected chi connectivity index (χ2v) is 21.9. The molecule has 0 amide bonds. The Labute approximate surface area is 403 Å². The summed E-state index contributed by atoms with van der Waals surface area (Å²) in [5, 5.41) is 10.4. The summed E-state index contributed by atoms with van der Waals surface area (Å²) in [5.41, 5.74) is 14.3. The van der Waals surface area contributed by atoms with Gasteiger partial charge in [-0.25, -0.2) is 0 Å². The number of hydrogen-bond acceptors (Lipinski definition) is 0. The van der Waals surface area contributed by atoms with Gasteiger partial charge in [0.2, 0.25) is 0 Å². The highest BCUT2D eigenvalue weighted by molar-refractivity contribution is 7.20. The van der Waals surface area contributed by atoms with Crippen molar-refractivity contribution in [2.75, 3.05) is 0 Å². The summed E-state index contributed by atoms with van der Waals surface area (Å²) in [6, 6.07) is 103. The van der Waals surface area contributed by atoms with E-state index in [1.54, 1.807) is 0 Å². The van der Waals surface area contributed by atoms with Crippen molar-refractivity contribution in [2.24, 2.45) is 0 Å². The average molecular weight is 895 g/mol. The summed E-state index contributed by atoms with van der Waals surface area (Å²) in [7, 11) is -2.77. The van der Waals surface area contributed by atoms with Gasteiger partial charge in [0.1, 0.15) is 0 Å². The number of fused-ring (bicyclic) bond motifs is 6. The molecule has 13 rings (SSSR count). The predicted octanol–water partition coefficient (Wildman–Crippen LogP) is 14.3. The Kier molecular flexibility index (Phi) is 9.88. The molecule has 69 heavy (non-hydrogen) atoms. The number of rotatable bonds is 9. The molecule has 0 atom stereocenters. The number of aromatic nitrogens is 2. The lowest BCUT2D eigenvalue weighted by Gasteiger charge is -2.34. The van der Waals surface area contributed by atoms with E-state index in [4.69, 9.17) is 0 Å². The molecule has 3 heteroatoms. The maximum atomic E-state index is 2.51. The summed E-state index contributed by atoms with van der Waals surface area (Å²) < 4.78 is 4.89. The van der Waals surface area contributed by atoms with Gasteiger partial charge in [-0.05, 0) is 121 Å². The van der Waals surface area contributed by atoms with Crippen LogP contribution in [0.3, 0.4) is 0 Å². The van der Waals surface area contributed by atoms with Gasteiger partial charge in [-0.15, -0.1) is 0 Å². The van der Waals surface area contributed by atoms with Crippen LogP contribution in [-0.4, -0.2) is 17.2 Å². The van der Waals surface area contributed by atoms with Gasteiger partial charge in [0, 0.05) is 32.9 Å². The van der Waals surface area contributed by atoms with Gasteiger partial charge in [0.25, 0.3) is 0 Å². The van der Waals surface area contributed by atoms with E-state index in [-0.39, 0.29) is 0 Å². The van der Waals surface area contributed by atoms with Crippen molar-refractivity contribution in [1.82, 2.24) is 9.13 Å². The highest BCUT2D eigenvalue weighted by Gasteiger charge is 2.41. The molecule has 13 aromatic rings. The van der Waals surface area contributed by atoms with Crippen molar-refractivity contribution >= 4 is 72.4 Å². The first kappa shape index (κ1) is 40.5. The number of benzene rings is 11. The van der Waals surface area contributed by atoms with Gasteiger partial charge in [-0.3, -0.25) is 0 Å². The van der Waals surface area contributed by atoms with E-state index in [2.05, 4.69) is 288 Å². The summed E-state index contributed by atoms with van der Waals surface area (Å²) in [6.45, 7) is 0. The Bertz CT molecular complexity index is 3870. The summed E-state index contributed by atoms with van der Waals surface area (Å²) >= 11 is 0. The van der Waals surface area contributed by atoms with Crippen LogP contribution in [0.25, 0.3) is 88.4 Å². The fourth-order valence-electron chi connectivity index (χ4n) is 11.1. The van der Waals surface area contributed by atoms with Crippen molar-refractivity contribution in [3.63, 3.8) is 0 Å². The van der Waals surface area contributed by atoms with E-state index in [1.165, 1.54) is 97.7 Å². The lowest BCUT2D eigenvalue weighted by molar-refractivity contribution is 1.18. The largest absolute Gasteiger partial charge is 0.309 e. The van der Waals surface area contributed by atoms with E-state index in [0.29, 0.717) is 0 Å². The lowest BCUT2D eigenvalue weighted by atomic mass is 9.99. The highest BCUT2D eigenvalue weighted by atomic mass is 28.3. The molecule has 2 nitrogen and oxygen atoms in total. The van der Waals surface area contributed by atoms with Crippen LogP contribution in [0.1, 0.15) is 0 Å². The Morgan fingerprint density at radius 1 is 0.203 bits per heavy atom. The Hall–Kier alpha value is -8.76. The fourth-order valence-corrected chi connectivity index (χ4v) is 15.9. The van der Waals surface area contributed by atoms with Crippen molar-refractivity contribution in [3.05, 3.63) is 279 Å². The molecular formula is C66H46N2Si. The molecule has 0 spiro atoms. The molecule has 0 N–H and O–H groups in total. The molecule has 2 aromatic heterocycles. The van der Waals surface area contributed by atoms with Crippen molar-refractivity contribution < 1.29 is 0 Å². The van der Waals surface area contributed by atoms with Crippen LogP contribution < -0.4 is 20.7 Å². The number of hydrogen-bond donors (Lipinski definition) is 0. The van der Waals surface area contributed by atoms with Gasteiger partial charge < -0.3 is 9.13 Å². The second kappa shape index (κ2) is 16.8. The minimum atomic E-state index is -2.77.